The van der Waals surface area contributed by atoms with E-state index < -0.39 is 29.3 Å². The highest BCUT2D eigenvalue weighted by molar-refractivity contribution is 6.52. The molecule has 4 rings (SSSR count). The van der Waals surface area contributed by atoms with Gasteiger partial charge in [0.05, 0.1) is 36.4 Å². The third-order valence-corrected chi connectivity index (χ3v) is 6.31. The number of methoxy groups -OCH3 is 2. The summed E-state index contributed by atoms with van der Waals surface area (Å²) in [4.78, 5) is 27.7. The van der Waals surface area contributed by atoms with E-state index in [0.717, 1.165) is 16.5 Å². The number of carbonyl (C=O) groups excluding carboxylic acids is 2. The van der Waals surface area contributed by atoms with Crippen LogP contribution in [0.3, 0.4) is 0 Å². The maximum atomic E-state index is 14.1. The molecule has 180 valence electrons. The zero-order chi connectivity index (χ0) is 25.4. The van der Waals surface area contributed by atoms with Crippen molar-refractivity contribution in [3.05, 3.63) is 92.7 Å². The van der Waals surface area contributed by atoms with E-state index in [9.17, 15) is 19.1 Å². The summed E-state index contributed by atoms with van der Waals surface area (Å²) < 4.78 is 24.7. The highest BCUT2D eigenvalue weighted by Crippen LogP contribution is 2.48. The summed E-state index contributed by atoms with van der Waals surface area (Å²) >= 11 is 12.7. The number of halogens is 3. The molecular weight excluding hydrogens is 496 g/mol. The predicted octanol–water partition coefficient (Wildman–Crippen LogP) is 6.08. The molecule has 1 saturated heterocycles. The average molecular weight is 516 g/mol. The monoisotopic (exact) mass is 515 g/mol. The standard InChI is InChI=1S/C26H20Cl2FNO5/c1-13-6-4-7-14(10-13)21-19(23(32)26(33)30(21)16-9-5-8-15(29)11-16)22(31)17-12-18(27)25(35-3)20(28)24(17)34-2/h4-12,21,31H,1-3H3/b22-19+. The Balaban J connectivity index is 2.03. The van der Waals surface area contributed by atoms with Crippen LogP contribution in [0.4, 0.5) is 10.1 Å². The molecule has 1 N–H and O–H groups in total. The van der Waals surface area contributed by atoms with Crippen LogP contribution in [-0.2, 0) is 9.59 Å². The highest BCUT2D eigenvalue weighted by atomic mass is 35.5. The van der Waals surface area contributed by atoms with Crippen molar-refractivity contribution in [2.75, 3.05) is 19.1 Å². The summed E-state index contributed by atoms with van der Waals surface area (Å²) in [6, 6.07) is 12.7. The molecule has 0 bridgehead atoms. The van der Waals surface area contributed by atoms with Gasteiger partial charge >= 0.3 is 0 Å². The lowest BCUT2D eigenvalue weighted by Crippen LogP contribution is -2.29. The van der Waals surface area contributed by atoms with Crippen LogP contribution in [0.5, 0.6) is 11.5 Å². The number of anilines is 1. The van der Waals surface area contributed by atoms with Gasteiger partial charge in [-0.05, 0) is 36.8 Å². The molecule has 3 aromatic carbocycles. The summed E-state index contributed by atoms with van der Waals surface area (Å²) in [6.07, 6.45) is 0. The van der Waals surface area contributed by atoms with Crippen LogP contribution in [0, 0.1) is 12.7 Å². The zero-order valence-corrected chi connectivity index (χ0v) is 20.4. The van der Waals surface area contributed by atoms with Crippen molar-refractivity contribution < 1.29 is 28.6 Å². The van der Waals surface area contributed by atoms with E-state index >= 15 is 0 Å². The number of carbonyl (C=O) groups is 2. The SMILES string of the molecule is COc1c(Cl)cc(/C(O)=C2\C(=O)C(=O)N(c3cccc(F)c3)C2c2cccc(C)c2)c(OC)c1Cl. The second-order valence-electron chi connectivity index (χ2n) is 7.85. The van der Waals surface area contributed by atoms with Gasteiger partial charge in [-0.2, -0.15) is 0 Å². The first-order valence-corrected chi connectivity index (χ1v) is 11.2. The van der Waals surface area contributed by atoms with Crippen LogP contribution in [-0.4, -0.2) is 31.0 Å². The lowest BCUT2D eigenvalue weighted by molar-refractivity contribution is -0.132. The average Bonchev–Trinajstić information content (AvgIpc) is 3.09. The van der Waals surface area contributed by atoms with E-state index in [1.54, 1.807) is 18.2 Å². The molecule has 6 nitrogen and oxygen atoms in total. The Morgan fingerprint density at radius 1 is 1.00 bits per heavy atom. The molecule has 1 fully saturated rings. The minimum atomic E-state index is -1.05. The third kappa shape index (κ3) is 4.22. The summed E-state index contributed by atoms with van der Waals surface area (Å²) in [6.45, 7) is 1.85. The number of hydrogen-bond acceptors (Lipinski definition) is 5. The molecular formula is C26H20Cl2FNO5. The molecule has 0 radical (unpaired) electrons. The molecule has 0 aliphatic carbocycles. The molecule has 0 saturated carbocycles. The number of Topliss-reactive ketones (excluding diaryl/α,β-unsaturated/α-hetero) is 1. The first-order chi connectivity index (χ1) is 16.7. The number of ketones is 1. The van der Waals surface area contributed by atoms with Gasteiger partial charge < -0.3 is 14.6 Å². The van der Waals surface area contributed by atoms with E-state index in [2.05, 4.69) is 0 Å². The Hall–Kier alpha value is -3.55. The lowest BCUT2D eigenvalue weighted by Gasteiger charge is -2.26. The van der Waals surface area contributed by atoms with Crippen LogP contribution in [0.2, 0.25) is 10.0 Å². The maximum absolute atomic E-state index is 14.1. The van der Waals surface area contributed by atoms with E-state index in [1.807, 2.05) is 13.0 Å². The Bertz CT molecular complexity index is 1390. The largest absolute Gasteiger partial charge is 0.507 e. The molecule has 0 spiro atoms. The van der Waals surface area contributed by atoms with Crippen molar-refractivity contribution in [2.24, 2.45) is 0 Å². The molecule has 9 heteroatoms. The number of nitrogens with zero attached hydrogens (tertiary/aromatic N) is 1. The first kappa shape index (κ1) is 24.6. The number of aryl methyl sites for hydroxylation is 1. The van der Waals surface area contributed by atoms with Crippen molar-refractivity contribution >= 4 is 46.3 Å². The number of hydrogen-bond donors (Lipinski definition) is 1. The second-order valence-corrected chi connectivity index (χ2v) is 8.63. The maximum Gasteiger partial charge on any atom is 0.300 e. The van der Waals surface area contributed by atoms with Crippen LogP contribution in [0.1, 0.15) is 22.7 Å². The summed E-state index contributed by atoms with van der Waals surface area (Å²) in [5.41, 5.74) is 1.34. The third-order valence-electron chi connectivity index (χ3n) is 5.68. The van der Waals surface area contributed by atoms with Gasteiger partial charge in [0.25, 0.3) is 11.7 Å². The number of aliphatic hydroxyl groups excluding tert-OH is 1. The Kier molecular flexibility index (Phi) is 6.74. The van der Waals surface area contributed by atoms with Gasteiger partial charge in [-0.15, -0.1) is 0 Å². The highest BCUT2D eigenvalue weighted by Gasteiger charge is 2.47. The Labute approximate surface area is 211 Å². The van der Waals surface area contributed by atoms with Crippen molar-refractivity contribution in [1.29, 1.82) is 0 Å². The number of rotatable bonds is 5. The minimum Gasteiger partial charge on any atom is -0.507 e. The van der Waals surface area contributed by atoms with Gasteiger partial charge in [0, 0.05) is 5.69 Å². The van der Waals surface area contributed by atoms with E-state index in [0.29, 0.717) is 5.56 Å². The molecule has 1 heterocycles. The lowest BCUT2D eigenvalue weighted by atomic mass is 9.94. The summed E-state index contributed by atoms with van der Waals surface area (Å²) in [7, 11) is 2.70. The molecule has 1 unspecified atom stereocenters. The molecule has 35 heavy (non-hydrogen) atoms. The normalized spacial score (nSPS) is 17.1. The summed E-state index contributed by atoms with van der Waals surface area (Å²) in [5, 5.41) is 11.5. The fourth-order valence-corrected chi connectivity index (χ4v) is 4.86. The van der Waals surface area contributed by atoms with Crippen molar-refractivity contribution in [3.8, 4) is 11.5 Å². The predicted molar refractivity (Wildman–Crippen MR) is 132 cm³/mol. The van der Waals surface area contributed by atoms with E-state index in [1.165, 1.54) is 38.5 Å². The van der Waals surface area contributed by atoms with Gasteiger partial charge in [-0.25, -0.2) is 4.39 Å². The molecule has 0 aromatic heterocycles. The molecule has 1 amide bonds. The fourth-order valence-electron chi connectivity index (χ4n) is 4.17. The topological polar surface area (TPSA) is 76.1 Å². The van der Waals surface area contributed by atoms with E-state index in [4.69, 9.17) is 32.7 Å². The van der Waals surface area contributed by atoms with Crippen LogP contribution in [0.25, 0.3) is 5.76 Å². The number of aliphatic hydroxyl groups is 1. The Morgan fingerprint density at radius 2 is 1.69 bits per heavy atom. The van der Waals surface area contributed by atoms with Gasteiger partial charge in [-0.3, -0.25) is 14.5 Å². The second kappa shape index (κ2) is 9.60. The summed E-state index contributed by atoms with van der Waals surface area (Å²) in [5.74, 6) is -2.88. The van der Waals surface area contributed by atoms with E-state index in [-0.39, 0.29) is 38.4 Å². The fraction of sp³-hybridized carbons (Fsp3) is 0.154. The zero-order valence-electron chi connectivity index (χ0n) is 18.9. The van der Waals surface area contributed by atoms with Gasteiger partial charge in [-0.1, -0.05) is 59.1 Å². The molecule has 3 aromatic rings. The van der Waals surface area contributed by atoms with Crippen LogP contribution < -0.4 is 14.4 Å². The quantitative estimate of drug-likeness (QED) is 0.253. The van der Waals surface area contributed by atoms with Crippen LogP contribution in [0.15, 0.2) is 60.2 Å². The van der Waals surface area contributed by atoms with Gasteiger partial charge in [0.2, 0.25) is 0 Å². The van der Waals surface area contributed by atoms with Gasteiger partial charge in [0.15, 0.2) is 11.5 Å². The van der Waals surface area contributed by atoms with Crippen LogP contribution >= 0.6 is 23.2 Å². The number of amides is 1. The first-order valence-electron chi connectivity index (χ1n) is 10.4. The number of benzene rings is 3. The van der Waals surface area contributed by atoms with Gasteiger partial charge in [0.1, 0.15) is 16.6 Å². The molecule has 1 atom stereocenters. The smallest absolute Gasteiger partial charge is 0.300 e. The van der Waals surface area contributed by atoms with Crippen molar-refractivity contribution in [3.63, 3.8) is 0 Å². The molecule has 1 aliphatic rings. The van der Waals surface area contributed by atoms with Crippen molar-refractivity contribution in [2.45, 2.75) is 13.0 Å². The van der Waals surface area contributed by atoms with Crippen molar-refractivity contribution in [1.82, 2.24) is 0 Å². The number of ether oxygens (including phenoxy) is 2. The Morgan fingerprint density at radius 3 is 2.31 bits per heavy atom. The minimum absolute atomic E-state index is 0.00167. The molecule has 1 aliphatic heterocycles.